The average Bonchev–Trinajstić information content (AvgIpc) is 2.60. The molecule has 17 heavy (non-hydrogen) atoms. The van der Waals surface area contributed by atoms with Crippen LogP contribution in [0.4, 0.5) is 13.2 Å². The number of alkyl halides is 3. The standard InChI is InChI=1S/C10H15F3N2S2/c1-9(2,3)16-5-6(14)7-4-15-8(17-7)10(11,12)13/h4,6H,5,14H2,1-3H3. The van der Waals surface area contributed by atoms with E-state index in [9.17, 15) is 13.2 Å². The third-order valence-electron chi connectivity index (χ3n) is 1.83. The number of hydrogen-bond donors (Lipinski definition) is 1. The summed E-state index contributed by atoms with van der Waals surface area (Å²) in [5.41, 5.74) is 5.84. The zero-order chi connectivity index (χ0) is 13.3. The first kappa shape index (κ1) is 14.8. The van der Waals surface area contributed by atoms with E-state index in [4.69, 9.17) is 5.73 Å². The van der Waals surface area contributed by atoms with Gasteiger partial charge in [-0.05, 0) is 0 Å². The maximum absolute atomic E-state index is 12.3. The molecule has 1 unspecified atom stereocenters. The Morgan fingerprint density at radius 1 is 1.41 bits per heavy atom. The normalized spacial score (nSPS) is 15.0. The fourth-order valence-corrected chi connectivity index (χ4v) is 2.76. The molecule has 0 fully saturated rings. The molecule has 1 aromatic heterocycles. The van der Waals surface area contributed by atoms with E-state index >= 15 is 0 Å². The van der Waals surface area contributed by atoms with Crippen LogP contribution in [0.1, 0.15) is 36.7 Å². The fourth-order valence-electron chi connectivity index (χ4n) is 1.01. The Bertz CT molecular complexity index is 368. The molecule has 0 aliphatic heterocycles. The van der Waals surface area contributed by atoms with Crippen LogP contribution in [0.3, 0.4) is 0 Å². The third-order valence-corrected chi connectivity index (χ3v) is 4.39. The van der Waals surface area contributed by atoms with E-state index in [0.29, 0.717) is 22.0 Å². The van der Waals surface area contributed by atoms with Crippen LogP contribution in [0, 0.1) is 0 Å². The van der Waals surface area contributed by atoms with Crippen molar-refractivity contribution in [2.24, 2.45) is 5.73 Å². The van der Waals surface area contributed by atoms with Crippen LogP contribution >= 0.6 is 23.1 Å². The minimum Gasteiger partial charge on any atom is -0.323 e. The van der Waals surface area contributed by atoms with Crippen molar-refractivity contribution in [1.29, 1.82) is 0 Å². The van der Waals surface area contributed by atoms with Crippen LogP contribution < -0.4 is 5.73 Å². The van der Waals surface area contributed by atoms with Crippen LogP contribution in [0.25, 0.3) is 0 Å². The molecule has 1 atom stereocenters. The summed E-state index contributed by atoms with van der Waals surface area (Å²) in [7, 11) is 0. The van der Waals surface area contributed by atoms with Gasteiger partial charge < -0.3 is 5.73 Å². The van der Waals surface area contributed by atoms with Gasteiger partial charge in [-0.15, -0.1) is 11.3 Å². The number of hydrogen-bond acceptors (Lipinski definition) is 4. The van der Waals surface area contributed by atoms with E-state index in [1.807, 2.05) is 20.8 Å². The zero-order valence-corrected chi connectivity index (χ0v) is 11.5. The Morgan fingerprint density at radius 3 is 2.41 bits per heavy atom. The Labute approximate surface area is 107 Å². The van der Waals surface area contributed by atoms with Gasteiger partial charge in [-0.3, -0.25) is 0 Å². The van der Waals surface area contributed by atoms with Gasteiger partial charge in [-0.25, -0.2) is 4.98 Å². The number of aromatic nitrogens is 1. The minimum absolute atomic E-state index is 0.0508. The molecule has 98 valence electrons. The number of nitrogens with zero attached hydrogens (tertiary/aromatic N) is 1. The first-order chi connectivity index (χ1) is 7.59. The lowest BCUT2D eigenvalue weighted by Gasteiger charge is -2.19. The number of nitrogens with two attached hydrogens (primary N) is 1. The van der Waals surface area contributed by atoms with Gasteiger partial charge in [0, 0.05) is 27.6 Å². The lowest BCUT2D eigenvalue weighted by molar-refractivity contribution is -0.137. The highest BCUT2D eigenvalue weighted by Crippen LogP contribution is 2.35. The van der Waals surface area contributed by atoms with E-state index < -0.39 is 17.2 Å². The summed E-state index contributed by atoms with van der Waals surface area (Å²) in [5, 5.41) is -0.830. The quantitative estimate of drug-likeness (QED) is 0.920. The van der Waals surface area contributed by atoms with Crippen LogP contribution in [-0.2, 0) is 6.18 Å². The van der Waals surface area contributed by atoms with E-state index in [0.717, 1.165) is 0 Å². The highest BCUT2D eigenvalue weighted by Gasteiger charge is 2.35. The molecular formula is C10H15F3N2S2. The molecule has 2 nitrogen and oxygen atoms in total. The summed E-state index contributed by atoms with van der Waals surface area (Å²) in [6, 6.07) is -0.396. The molecule has 0 aliphatic rings. The number of thioether (sulfide) groups is 1. The summed E-state index contributed by atoms with van der Waals surface area (Å²) < 4.78 is 37.1. The highest BCUT2D eigenvalue weighted by molar-refractivity contribution is 8.00. The van der Waals surface area contributed by atoms with Crippen molar-refractivity contribution >= 4 is 23.1 Å². The molecule has 0 spiro atoms. The molecule has 0 saturated carbocycles. The smallest absolute Gasteiger partial charge is 0.323 e. The van der Waals surface area contributed by atoms with Crippen molar-refractivity contribution in [3.63, 3.8) is 0 Å². The minimum atomic E-state index is -4.38. The molecule has 7 heteroatoms. The molecule has 1 aromatic rings. The van der Waals surface area contributed by atoms with Crippen LogP contribution in [0.2, 0.25) is 0 Å². The van der Waals surface area contributed by atoms with Crippen LogP contribution in [0.5, 0.6) is 0 Å². The molecule has 0 radical (unpaired) electrons. The fraction of sp³-hybridized carbons (Fsp3) is 0.700. The number of halogens is 3. The Morgan fingerprint density at radius 2 is 2.00 bits per heavy atom. The van der Waals surface area contributed by atoms with Crippen molar-refractivity contribution in [2.45, 2.75) is 37.7 Å². The number of rotatable bonds is 3. The van der Waals surface area contributed by atoms with E-state index in [1.165, 1.54) is 6.20 Å². The van der Waals surface area contributed by atoms with Crippen molar-refractivity contribution in [2.75, 3.05) is 5.75 Å². The molecule has 1 heterocycles. The largest absolute Gasteiger partial charge is 0.443 e. The maximum atomic E-state index is 12.3. The molecule has 0 aliphatic carbocycles. The molecule has 0 bridgehead atoms. The average molecular weight is 284 g/mol. The molecule has 2 N–H and O–H groups in total. The zero-order valence-electron chi connectivity index (χ0n) is 9.84. The van der Waals surface area contributed by atoms with Crippen molar-refractivity contribution in [1.82, 2.24) is 4.98 Å². The van der Waals surface area contributed by atoms with Gasteiger partial charge in [0.15, 0.2) is 5.01 Å². The summed E-state index contributed by atoms with van der Waals surface area (Å²) in [6.45, 7) is 6.12. The van der Waals surface area contributed by atoms with Crippen LogP contribution in [0.15, 0.2) is 6.20 Å². The molecule has 0 saturated heterocycles. The molecule has 0 amide bonds. The van der Waals surface area contributed by atoms with Gasteiger partial charge in [-0.2, -0.15) is 24.9 Å². The predicted molar refractivity (Wildman–Crippen MR) is 66.3 cm³/mol. The van der Waals surface area contributed by atoms with Gasteiger partial charge in [0.25, 0.3) is 0 Å². The molecule has 0 aromatic carbocycles. The van der Waals surface area contributed by atoms with E-state index in [2.05, 4.69) is 4.98 Å². The summed E-state index contributed by atoms with van der Waals surface area (Å²) >= 11 is 2.25. The monoisotopic (exact) mass is 284 g/mol. The van der Waals surface area contributed by atoms with Crippen molar-refractivity contribution < 1.29 is 13.2 Å². The van der Waals surface area contributed by atoms with Crippen molar-refractivity contribution in [3.8, 4) is 0 Å². The van der Waals surface area contributed by atoms with Gasteiger partial charge >= 0.3 is 6.18 Å². The van der Waals surface area contributed by atoms with Crippen LogP contribution in [-0.4, -0.2) is 15.5 Å². The van der Waals surface area contributed by atoms with E-state index in [-0.39, 0.29) is 4.75 Å². The molecular weight excluding hydrogens is 269 g/mol. The Kier molecular flexibility index (Phi) is 4.49. The third kappa shape index (κ3) is 4.85. The Balaban J connectivity index is 2.64. The second-order valence-electron chi connectivity index (χ2n) is 4.60. The second kappa shape index (κ2) is 5.16. The molecule has 1 rings (SSSR count). The maximum Gasteiger partial charge on any atom is 0.443 e. The summed E-state index contributed by atoms with van der Waals surface area (Å²) in [5.74, 6) is 0.586. The topological polar surface area (TPSA) is 38.9 Å². The summed E-state index contributed by atoms with van der Waals surface area (Å²) in [4.78, 5) is 3.84. The number of thiazole rings is 1. The van der Waals surface area contributed by atoms with Crippen molar-refractivity contribution in [3.05, 3.63) is 16.1 Å². The van der Waals surface area contributed by atoms with Gasteiger partial charge in [0.2, 0.25) is 0 Å². The first-order valence-corrected chi connectivity index (χ1v) is 6.82. The summed E-state index contributed by atoms with van der Waals surface area (Å²) in [6.07, 6.45) is -3.15. The second-order valence-corrected chi connectivity index (χ2v) is 7.50. The first-order valence-electron chi connectivity index (χ1n) is 5.02. The van der Waals surface area contributed by atoms with Gasteiger partial charge in [0.05, 0.1) is 0 Å². The lowest BCUT2D eigenvalue weighted by atomic mass is 10.3. The lowest BCUT2D eigenvalue weighted by Crippen LogP contribution is -2.17. The van der Waals surface area contributed by atoms with Gasteiger partial charge in [-0.1, -0.05) is 20.8 Å². The van der Waals surface area contributed by atoms with Gasteiger partial charge in [0.1, 0.15) is 0 Å². The van der Waals surface area contributed by atoms with E-state index in [1.54, 1.807) is 11.8 Å². The highest BCUT2D eigenvalue weighted by atomic mass is 32.2. The Hall–Kier alpha value is -0.270. The SMILES string of the molecule is CC(C)(C)SCC(N)c1cnc(C(F)(F)F)s1. The predicted octanol–water partition coefficient (Wildman–Crippen LogP) is 3.69.